The summed E-state index contributed by atoms with van der Waals surface area (Å²) in [4.78, 5) is 11.8. The number of ether oxygens (including phenoxy) is 2. The van der Waals surface area contributed by atoms with Crippen LogP contribution >= 0.6 is 0 Å². The van der Waals surface area contributed by atoms with Gasteiger partial charge < -0.3 is 15.2 Å². The summed E-state index contributed by atoms with van der Waals surface area (Å²) < 4.78 is 10.7. The zero-order valence-corrected chi connectivity index (χ0v) is 11.1. The van der Waals surface area contributed by atoms with E-state index in [9.17, 15) is 4.79 Å². The van der Waals surface area contributed by atoms with Gasteiger partial charge in [0, 0.05) is 6.04 Å². The van der Waals surface area contributed by atoms with E-state index in [1.165, 1.54) is 0 Å². The molecule has 1 aliphatic rings. The molecule has 1 aromatic rings. The van der Waals surface area contributed by atoms with E-state index in [0.29, 0.717) is 13.2 Å². The van der Waals surface area contributed by atoms with Gasteiger partial charge in [0.05, 0.1) is 5.92 Å². The lowest BCUT2D eigenvalue weighted by Crippen LogP contribution is -2.32. The van der Waals surface area contributed by atoms with Crippen molar-refractivity contribution in [3.63, 3.8) is 0 Å². The van der Waals surface area contributed by atoms with E-state index in [2.05, 4.69) is 0 Å². The minimum Gasteiger partial charge on any atom is -0.490 e. The Labute approximate surface area is 113 Å². The number of benzene rings is 1. The summed E-state index contributed by atoms with van der Waals surface area (Å²) in [5.74, 6) is 0.630. The van der Waals surface area contributed by atoms with Crippen LogP contribution in [0.25, 0.3) is 0 Å². The monoisotopic (exact) mass is 263 g/mol. The second-order valence-corrected chi connectivity index (χ2v) is 4.95. The van der Waals surface area contributed by atoms with Crippen molar-refractivity contribution in [2.24, 2.45) is 11.7 Å². The SMILES string of the molecule is NC1CCCC(C(=O)OCCOc2ccccc2)C1. The number of esters is 1. The summed E-state index contributed by atoms with van der Waals surface area (Å²) in [5.41, 5.74) is 5.86. The molecule has 1 aliphatic carbocycles. The number of hydrogen-bond acceptors (Lipinski definition) is 4. The molecule has 0 bridgehead atoms. The van der Waals surface area contributed by atoms with Crippen LogP contribution in [-0.4, -0.2) is 25.2 Å². The fourth-order valence-electron chi connectivity index (χ4n) is 2.38. The fraction of sp³-hybridized carbons (Fsp3) is 0.533. The standard InChI is InChI=1S/C15H21NO3/c16-13-6-4-5-12(11-13)15(17)19-10-9-18-14-7-2-1-3-8-14/h1-3,7-8,12-13H,4-6,9-11,16H2. The van der Waals surface area contributed by atoms with Crippen LogP contribution in [0.2, 0.25) is 0 Å². The van der Waals surface area contributed by atoms with Crippen molar-refractivity contribution < 1.29 is 14.3 Å². The summed E-state index contributed by atoms with van der Waals surface area (Å²) in [6.45, 7) is 0.675. The van der Waals surface area contributed by atoms with Gasteiger partial charge in [-0.25, -0.2) is 0 Å². The van der Waals surface area contributed by atoms with E-state index < -0.39 is 0 Å². The van der Waals surface area contributed by atoms with Gasteiger partial charge in [-0.1, -0.05) is 24.6 Å². The summed E-state index contributed by atoms with van der Waals surface area (Å²) in [6.07, 6.45) is 3.67. The van der Waals surface area contributed by atoms with Gasteiger partial charge in [-0.2, -0.15) is 0 Å². The number of rotatable bonds is 5. The van der Waals surface area contributed by atoms with Gasteiger partial charge in [-0.3, -0.25) is 4.79 Å². The number of para-hydroxylation sites is 1. The lowest BCUT2D eigenvalue weighted by molar-refractivity contribution is -0.150. The first-order chi connectivity index (χ1) is 9.25. The highest BCUT2D eigenvalue weighted by Gasteiger charge is 2.26. The Morgan fingerprint density at radius 3 is 2.74 bits per heavy atom. The van der Waals surface area contributed by atoms with Crippen LogP contribution in [0, 0.1) is 5.92 Å². The fourth-order valence-corrected chi connectivity index (χ4v) is 2.38. The van der Waals surface area contributed by atoms with Crippen LogP contribution in [0.15, 0.2) is 30.3 Å². The van der Waals surface area contributed by atoms with Crippen molar-refractivity contribution >= 4 is 5.97 Å². The molecule has 2 rings (SSSR count). The van der Waals surface area contributed by atoms with Gasteiger partial charge in [0.15, 0.2) is 0 Å². The Bertz CT molecular complexity index is 394. The summed E-state index contributed by atoms with van der Waals surface area (Å²) in [7, 11) is 0. The highest BCUT2D eigenvalue weighted by molar-refractivity contribution is 5.72. The third kappa shape index (κ3) is 4.56. The Morgan fingerprint density at radius 2 is 2.00 bits per heavy atom. The van der Waals surface area contributed by atoms with Crippen LogP contribution in [0.1, 0.15) is 25.7 Å². The third-order valence-electron chi connectivity index (χ3n) is 3.39. The molecule has 0 aromatic heterocycles. The largest absolute Gasteiger partial charge is 0.490 e. The van der Waals surface area contributed by atoms with Crippen LogP contribution in [0.3, 0.4) is 0 Å². The zero-order valence-electron chi connectivity index (χ0n) is 11.1. The Balaban J connectivity index is 1.64. The van der Waals surface area contributed by atoms with E-state index in [0.717, 1.165) is 31.4 Å². The minimum absolute atomic E-state index is 0.0273. The molecule has 2 N–H and O–H groups in total. The van der Waals surface area contributed by atoms with Crippen LogP contribution in [0.4, 0.5) is 0 Å². The number of carbonyl (C=O) groups is 1. The molecule has 0 spiro atoms. The lowest BCUT2D eigenvalue weighted by Gasteiger charge is -2.24. The second-order valence-electron chi connectivity index (χ2n) is 4.95. The molecular weight excluding hydrogens is 242 g/mol. The first-order valence-electron chi connectivity index (χ1n) is 6.86. The first-order valence-corrected chi connectivity index (χ1v) is 6.86. The van der Waals surface area contributed by atoms with E-state index >= 15 is 0 Å². The molecule has 4 heteroatoms. The summed E-state index contributed by atoms with van der Waals surface area (Å²) >= 11 is 0. The molecule has 0 heterocycles. The topological polar surface area (TPSA) is 61.6 Å². The highest BCUT2D eigenvalue weighted by Crippen LogP contribution is 2.24. The molecule has 0 saturated heterocycles. The van der Waals surface area contributed by atoms with Crippen LogP contribution < -0.4 is 10.5 Å². The predicted octanol–water partition coefficient (Wildman–Crippen LogP) is 2.13. The maximum Gasteiger partial charge on any atom is 0.309 e. The van der Waals surface area contributed by atoms with Crippen LogP contribution in [0.5, 0.6) is 5.75 Å². The molecule has 4 nitrogen and oxygen atoms in total. The predicted molar refractivity (Wildman–Crippen MR) is 72.8 cm³/mol. The van der Waals surface area contributed by atoms with E-state index in [4.69, 9.17) is 15.2 Å². The molecule has 2 unspecified atom stereocenters. The molecule has 1 fully saturated rings. The van der Waals surface area contributed by atoms with Crippen LogP contribution in [-0.2, 0) is 9.53 Å². The van der Waals surface area contributed by atoms with E-state index in [-0.39, 0.29) is 17.9 Å². The van der Waals surface area contributed by atoms with Crippen molar-refractivity contribution in [3.05, 3.63) is 30.3 Å². The lowest BCUT2D eigenvalue weighted by atomic mass is 9.86. The molecule has 104 valence electrons. The smallest absolute Gasteiger partial charge is 0.309 e. The third-order valence-corrected chi connectivity index (χ3v) is 3.39. The molecule has 19 heavy (non-hydrogen) atoms. The Hall–Kier alpha value is -1.55. The maximum atomic E-state index is 11.8. The van der Waals surface area contributed by atoms with Gasteiger partial charge in [0.25, 0.3) is 0 Å². The Kier molecular flexibility index (Phi) is 5.21. The molecule has 0 radical (unpaired) electrons. The molecular formula is C15H21NO3. The average molecular weight is 263 g/mol. The second kappa shape index (κ2) is 7.14. The number of hydrogen-bond donors (Lipinski definition) is 1. The summed E-state index contributed by atoms with van der Waals surface area (Å²) in [5, 5.41) is 0. The van der Waals surface area contributed by atoms with Gasteiger partial charge in [-0.05, 0) is 31.4 Å². The molecule has 1 aromatic carbocycles. The van der Waals surface area contributed by atoms with Crippen molar-refractivity contribution in [2.75, 3.05) is 13.2 Å². The first kappa shape index (κ1) is 13.9. The van der Waals surface area contributed by atoms with E-state index in [1.807, 2.05) is 30.3 Å². The number of carbonyl (C=O) groups excluding carboxylic acids is 1. The van der Waals surface area contributed by atoms with Gasteiger partial charge in [0.1, 0.15) is 19.0 Å². The molecule has 0 aliphatic heterocycles. The van der Waals surface area contributed by atoms with Gasteiger partial charge in [-0.15, -0.1) is 0 Å². The quantitative estimate of drug-likeness (QED) is 0.653. The minimum atomic E-state index is -0.133. The number of nitrogens with two attached hydrogens (primary N) is 1. The molecule has 1 saturated carbocycles. The summed E-state index contributed by atoms with van der Waals surface area (Å²) in [6, 6.07) is 9.64. The van der Waals surface area contributed by atoms with Gasteiger partial charge in [0.2, 0.25) is 0 Å². The molecule has 0 amide bonds. The van der Waals surface area contributed by atoms with E-state index in [1.54, 1.807) is 0 Å². The molecule has 2 atom stereocenters. The Morgan fingerprint density at radius 1 is 1.21 bits per heavy atom. The highest BCUT2D eigenvalue weighted by atomic mass is 16.6. The zero-order chi connectivity index (χ0) is 13.5. The van der Waals surface area contributed by atoms with Crippen molar-refractivity contribution in [3.8, 4) is 5.75 Å². The normalized spacial score (nSPS) is 22.8. The van der Waals surface area contributed by atoms with Crippen molar-refractivity contribution in [1.82, 2.24) is 0 Å². The van der Waals surface area contributed by atoms with Crippen molar-refractivity contribution in [2.45, 2.75) is 31.7 Å². The van der Waals surface area contributed by atoms with Crippen molar-refractivity contribution in [1.29, 1.82) is 0 Å². The van der Waals surface area contributed by atoms with Gasteiger partial charge >= 0.3 is 5.97 Å². The average Bonchev–Trinajstić information content (AvgIpc) is 2.44. The maximum absolute atomic E-state index is 11.8.